The van der Waals surface area contributed by atoms with E-state index in [2.05, 4.69) is 5.16 Å². The SMILES string of the molecule is Cc1cc(CS(=O)(=O)N2CCOC(C(=O)O)C2)no1. The molecule has 1 saturated heterocycles. The van der Waals surface area contributed by atoms with E-state index in [-0.39, 0.29) is 25.4 Å². The average Bonchev–Trinajstić information content (AvgIpc) is 2.74. The highest BCUT2D eigenvalue weighted by molar-refractivity contribution is 7.88. The van der Waals surface area contributed by atoms with Crippen molar-refractivity contribution in [1.82, 2.24) is 9.46 Å². The molecule has 1 N–H and O–H groups in total. The number of carboxylic acids is 1. The molecular weight excluding hydrogens is 276 g/mol. The molecule has 2 rings (SSSR count). The third-order valence-corrected chi connectivity index (χ3v) is 4.48. The standard InChI is InChI=1S/C10H14N2O6S/c1-7-4-8(11-18-7)6-19(15,16)12-2-3-17-9(5-12)10(13)14/h4,9H,2-3,5-6H2,1H3,(H,13,14). The fourth-order valence-electron chi connectivity index (χ4n) is 1.79. The van der Waals surface area contributed by atoms with Crippen LogP contribution < -0.4 is 0 Å². The van der Waals surface area contributed by atoms with Crippen molar-refractivity contribution < 1.29 is 27.6 Å². The first-order valence-electron chi connectivity index (χ1n) is 5.63. The molecule has 0 saturated carbocycles. The number of nitrogens with zero attached hydrogens (tertiary/aromatic N) is 2. The second kappa shape index (κ2) is 5.27. The number of ether oxygens (including phenoxy) is 1. The van der Waals surface area contributed by atoms with Crippen LogP contribution in [0.1, 0.15) is 11.5 Å². The first-order chi connectivity index (χ1) is 8.88. The number of hydrogen-bond acceptors (Lipinski definition) is 6. The topological polar surface area (TPSA) is 110 Å². The molecule has 9 heteroatoms. The van der Waals surface area contributed by atoms with Gasteiger partial charge in [0, 0.05) is 12.6 Å². The molecule has 0 spiro atoms. The van der Waals surface area contributed by atoms with E-state index in [1.807, 2.05) is 0 Å². The molecule has 2 heterocycles. The molecule has 0 radical (unpaired) electrons. The molecule has 0 aromatic carbocycles. The summed E-state index contributed by atoms with van der Waals surface area (Å²) < 4.78 is 35.2. The van der Waals surface area contributed by atoms with Gasteiger partial charge in [-0.3, -0.25) is 0 Å². The number of morpholine rings is 1. The first-order valence-corrected chi connectivity index (χ1v) is 7.24. The van der Waals surface area contributed by atoms with E-state index < -0.39 is 22.1 Å². The molecule has 1 aliphatic rings. The third-order valence-electron chi connectivity index (χ3n) is 2.71. The van der Waals surface area contributed by atoms with Gasteiger partial charge in [-0.2, -0.15) is 4.31 Å². The Morgan fingerprint density at radius 3 is 2.95 bits per heavy atom. The van der Waals surface area contributed by atoms with Gasteiger partial charge >= 0.3 is 5.97 Å². The molecule has 0 bridgehead atoms. The number of hydrogen-bond donors (Lipinski definition) is 1. The summed E-state index contributed by atoms with van der Waals surface area (Å²) in [5, 5.41) is 12.5. The van der Waals surface area contributed by atoms with Crippen LogP contribution >= 0.6 is 0 Å². The summed E-state index contributed by atoms with van der Waals surface area (Å²) in [6.07, 6.45) is -1.12. The maximum Gasteiger partial charge on any atom is 0.334 e. The van der Waals surface area contributed by atoms with Crippen LogP contribution in [0.3, 0.4) is 0 Å². The zero-order chi connectivity index (χ0) is 14.0. The van der Waals surface area contributed by atoms with Gasteiger partial charge in [-0.15, -0.1) is 0 Å². The van der Waals surface area contributed by atoms with Crippen molar-refractivity contribution >= 4 is 16.0 Å². The van der Waals surface area contributed by atoms with Crippen molar-refractivity contribution in [2.24, 2.45) is 0 Å². The monoisotopic (exact) mass is 290 g/mol. The number of aliphatic carboxylic acids is 1. The summed E-state index contributed by atoms with van der Waals surface area (Å²) in [5.74, 6) is -0.954. The summed E-state index contributed by atoms with van der Waals surface area (Å²) in [6.45, 7) is 1.68. The molecule has 0 aliphatic carbocycles. The molecule has 1 atom stereocenters. The van der Waals surface area contributed by atoms with Crippen molar-refractivity contribution in [2.75, 3.05) is 19.7 Å². The van der Waals surface area contributed by atoms with Crippen LogP contribution in [0.25, 0.3) is 0 Å². The van der Waals surface area contributed by atoms with Gasteiger partial charge in [0.25, 0.3) is 0 Å². The Kier molecular flexibility index (Phi) is 3.88. The summed E-state index contributed by atoms with van der Waals surface area (Å²) in [6, 6.07) is 1.53. The van der Waals surface area contributed by atoms with E-state index in [0.717, 1.165) is 4.31 Å². The van der Waals surface area contributed by atoms with Crippen LogP contribution in [-0.4, -0.2) is 54.8 Å². The zero-order valence-corrected chi connectivity index (χ0v) is 11.1. The number of carbonyl (C=O) groups is 1. The van der Waals surface area contributed by atoms with Crippen molar-refractivity contribution in [3.8, 4) is 0 Å². The van der Waals surface area contributed by atoms with Gasteiger partial charge in [0.2, 0.25) is 10.0 Å². The smallest absolute Gasteiger partial charge is 0.334 e. The molecule has 0 amide bonds. The molecule has 1 unspecified atom stereocenters. The summed E-state index contributed by atoms with van der Waals surface area (Å²) in [4.78, 5) is 10.8. The van der Waals surface area contributed by atoms with Crippen molar-refractivity contribution in [3.63, 3.8) is 0 Å². The lowest BCUT2D eigenvalue weighted by Crippen LogP contribution is -2.48. The molecule has 1 fully saturated rings. The minimum atomic E-state index is -3.62. The highest BCUT2D eigenvalue weighted by atomic mass is 32.2. The number of aryl methyl sites for hydroxylation is 1. The van der Waals surface area contributed by atoms with Gasteiger partial charge in [0.05, 0.1) is 13.2 Å². The summed E-state index contributed by atoms with van der Waals surface area (Å²) >= 11 is 0. The van der Waals surface area contributed by atoms with Crippen LogP contribution in [-0.2, 0) is 25.3 Å². The number of sulfonamides is 1. The average molecular weight is 290 g/mol. The van der Waals surface area contributed by atoms with E-state index in [0.29, 0.717) is 11.5 Å². The van der Waals surface area contributed by atoms with Crippen LogP contribution in [0.2, 0.25) is 0 Å². The predicted octanol–water partition coefficient (Wildman–Crippen LogP) is -0.402. The number of carboxylic acid groups (broad SMARTS) is 1. The Labute approximate surface area is 110 Å². The van der Waals surface area contributed by atoms with E-state index >= 15 is 0 Å². The van der Waals surface area contributed by atoms with Gasteiger partial charge in [-0.1, -0.05) is 5.16 Å². The molecule has 1 aliphatic heterocycles. The quantitative estimate of drug-likeness (QED) is 0.803. The molecule has 19 heavy (non-hydrogen) atoms. The fraction of sp³-hybridized carbons (Fsp3) is 0.600. The zero-order valence-electron chi connectivity index (χ0n) is 10.3. The van der Waals surface area contributed by atoms with Crippen LogP contribution in [0.4, 0.5) is 0 Å². The van der Waals surface area contributed by atoms with Crippen LogP contribution in [0.5, 0.6) is 0 Å². The Morgan fingerprint density at radius 2 is 2.37 bits per heavy atom. The second-order valence-electron chi connectivity index (χ2n) is 4.24. The first kappa shape index (κ1) is 14.0. The maximum atomic E-state index is 12.1. The minimum absolute atomic E-state index is 0.0635. The van der Waals surface area contributed by atoms with Gasteiger partial charge in [0.15, 0.2) is 6.10 Å². The molecule has 1 aromatic heterocycles. The highest BCUT2D eigenvalue weighted by Gasteiger charge is 2.33. The van der Waals surface area contributed by atoms with E-state index in [1.165, 1.54) is 6.07 Å². The normalized spacial score (nSPS) is 21.4. The van der Waals surface area contributed by atoms with Gasteiger partial charge in [-0.05, 0) is 6.92 Å². The molecule has 8 nitrogen and oxygen atoms in total. The Balaban J connectivity index is 2.08. The summed E-state index contributed by atoms with van der Waals surface area (Å²) in [7, 11) is -3.62. The van der Waals surface area contributed by atoms with Gasteiger partial charge in [-0.25, -0.2) is 13.2 Å². The lowest BCUT2D eigenvalue weighted by Gasteiger charge is -2.29. The number of rotatable bonds is 4. The summed E-state index contributed by atoms with van der Waals surface area (Å²) in [5.41, 5.74) is 0.302. The van der Waals surface area contributed by atoms with Gasteiger partial charge < -0.3 is 14.4 Å². The lowest BCUT2D eigenvalue weighted by atomic mass is 10.3. The van der Waals surface area contributed by atoms with Gasteiger partial charge in [0.1, 0.15) is 17.2 Å². The Bertz CT molecular complexity index is 566. The molecule has 106 valence electrons. The number of aromatic nitrogens is 1. The minimum Gasteiger partial charge on any atom is -0.479 e. The van der Waals surface area contributed by atoms with Crippen LogP contribution in [0.15, 0.2) is 10.6 Å². The van der Waals surface area contributed by atoms with Crippen molar-refractivity contribution in [2.45, 2.75) is 18.8 Å². The van der Waals surface area contributed by atoms with E-state index in [1.54, 1.807) is 6.92 Å². The lowest BCUT2D eigenvalue weighted by molar-refractivity contribution is -0.153. The Morgan fingerprint density at radius 1 is 1.63 bits per heavy atom. The largest absolute Gasteiger partial charge is 0.479 e. The predicted molar refractivity (Wildman–Crippen MR) is 62.8 cm³/mol. The third kappa shape index (κ3) is 3.31. The maximum absolute atomic E-state index is 12.1. The molecular formula is C10H14N2O6S. The van der Waals surface area contributed by atoms with E-state index in [4.69, 9.17) is 14.4 Å². The van der Waals surface area contributed by atoms with Crippen molar-refractivity contribution in [3.05, 3.63) is 17.5 Å². The second-order valence-corrected chi connectivity index (χ2v) is 6.21. The fourth-order valence-corrected chi connectivity index (χ4v) is 3.20. The van der Waals surface area contributed by atoms with E-state index in [9.17, 15) is 13.2 Å². The van der Waals surface area contributed by atoms with Crippen molar-refractivity contribution in [1.29, 1.82) is 0 Å². The highest BCUT2D eigenvalue weighted by Crippen LogP contribution is 2.15. The Hall–Kier alpha value is -1.45. The molecule has 1 aromatic rings. The van der Waals surface area contributed by atoms with Crippen LogP contribution in [0, 0.1) is 6.92 Å².